The molecule has 0 atom stereocenters. The van der Waals surface area contributed by atoms with Gasteiger partial charge < -0.3 is 10.6 Å². The fraction of sp³-hybridized carbons (Fsp3) is 0.368. The number of hydrogen-bond acceptors (Lipinski definition) is 8. The standard InChI is InChI=1S/C19H21ClN4O5S2/c1-31(27,28)15-8-7-11(9-13(15)20)16(24-29-12-5-3-2-4-6-12)18(26)23-19-22-10-14(30-19)17(21)25/h7-10,12H,2-6H2,1H3,(H2,21,25)(H,22,23,26)/b24-16-. The number of thiazole rings is 1. The van der Waals surface area contributed by atoms with Crippen LogP contribution in [0.4, 0.5) is 5.13 Å². The highest BCUT2D eigenvalue weighted by Crippen LogP contribution is 2.25. The zero-order valence-electron chi connectivity index (χ0n) is 16.6. The van der Waals surface area contributed by atoms with Crippen molar-refractivity contribution in [2.75, 3.05) is 11.6 Å². The number of carbonyl (C=O) groups excluding carboxylic acids is 2. The second-order valence-corrected chi connectivity index (χ2v) is 10.5. The molecule has 9 nitrogen and oxygen atoms in total. The van der Waals surface area contributed by atoms with Crippen LogP contribution in [0.2, 0.25) is 5.02 Å². The highest BCUT2D eigenvalue weighted by molar-refractivity contribution is 7.90. The van der Waals surface area contributed by atoms with E-state index in [0.717, 1.165) is 49.7 Å². The van der Waals surface area contributed by atoms with Crippen molar-refractivity contribution in [2.45, 2.75) is 43.1 Å². The van der Waals surface area contributed by atoms with E-state index in [0.29, 0.717) is 0 Å². The molecule has 1 aliphatic carbocycles. The Kier molecular flexibility index (Phi) is 7.29. The van der Waals surface area contributed by atoms with Crippen molar-refractivity contribution in [2.24, 2.45) is 10.9 Å². The van der Waals surface area contributed by atoms with Crippen molar-refractivity contribution in [1.82, 2.24) is 4.98 Å². The summed E-state index contributed by atoms with van der Waals surface area (Å²) in [5, 5.41) is 6.74. The molecule has 3 rings (SSSR count). The fourth-order valence-corrected chi connectivity index (χ4v) is 5.07. The number of aromatic nitrogens is 1. The van der Waals surface area contributed by atoms with Gasteiger partial charge in [0.2, 0.25) is 0 Å². The van der Waals surface area contributed by atoms with E-state index < -0.39 is 21.7 Å². The van der Waals surface area contributed by atoms with Gasteiger partial charge in [0.1, 0.15) is 11.0 Å². The van der Waals surface area contributed by atoms with Gasteiger partial charge in [0.25, 0.3) is 11.8 Å². The molecule has 166 valence electrons. The normalized spacial score (nSPS) is 15.5. The second kappa shape index (κ2) is 9.75. The first-order chi connectivity index (χ1) is 14.6. The van der Waals surface area contributed by atoms with Crippen LogP contribution < -0.4 is 11.1 Å². The largest absolute Gasteiger partial charge is 0.392 e. The molecule has 12 heteroatoms. The molecule has 0 bridgehead atoms. The zero-order chi connectivity index (χ0) is 22.6. The lowest BCUT2D eigenvalue weighted by molar-refractivity contribution is -0.110. The predicted molar refractivity (Wildman–Crippen MR) is 118 cm³/mol. The maximum absolute atomic E-state index is 12.9. The van der Waals surface area contributed by atoms with E-state index >= 15 is 0 Å². The third-order valence-corrected chi connectivity index (χ3v) is 7.14. The number of benzene rings is 1. The lowest BCUT2D eigenvalue weighted by Crippen LogP contribution is -2.25. The first-order valence-electron chi connectivity index (χ1n) is 9.46. The van der Waals surface area contributed by atoms with E-state index in [1.165, 1.54) is 24.4 Å². The highest BCUT2D eigenvalue weighted by atomic mass is 35.5. The van der Waals surface area contributed by atoms with E-state index in [9.17, 15) is 18.0 Å². The summed E-state index contributed by atoms with van der Waals surface area (Å²) in [4.78, 5) is 33.9. The average Bonchev–Trinajstić information content (AvgIpc) is 3.17. The van der Waals surface area contributed by atoms with Crippen LogP contribution in [-0.2, 0) is 19.5 Å². The van der Waals surface area contributed by atoms with Crippen molar-refractivity contribution in [3.8, 4) is 0 Å². The summed E-state index contributed by atoms with van der Waals surface area (Å²) < 4.78 is 23.7. The number of halogens is 1. The lowest BCUT2D eigenvalue weighted by Gasteiger charge is -2.20. The van der Waals surface area contributed by atoms with Crippen LogP contribution in [-0.4, -0.2) is 43.3 Å². The van der Waals surface area contributed by atoms with Gasteiger partial charge in [-0.05, 0) is 37.8 Å². The molecule has 0 radical (unpaired) electrons. The Labute approximate surface area is 188 Å². The first kappa shape index (κ1) is 23.2. The van der Waals surface area contributed by atoms with Gasteiger partial charge >= 0.3 is 0 Å². The fourth-order valence-electron chi connectivity index (χ4n) is 3.07. The molecule has 1 aliphatic rings. The summed E-state index contributed by atoms with van der Waals surface area (Å²) in [6.07, 6.45) is 7.03. The number of amides is 2. The smallest absolute Gasteiger partial charge is 0.280 e. The number of rotatable bonds is 7. The maximum Gasteiger partial charge on any atom is 0.280 e. The number of nitrogens with two attached hydrogens (primary N) is 1. The van der Waals surface area contributed by atoms with Gasteiger partial charge in [-0.25, -0.2) is 13.4 Å². The van der Waals surface area contributed by atoms with Crippen molar-refractivity contribution in [3.05, 3.63) is 39.9 Å². The van der Waals surface area contributed by atoms with Crippen molar-refractivity contribution >= 4 is 55.4 Å². The minimum atomic E-state index is -3.54. The Morgan fingerprint density at radius 1 is 1.29 bits per heavy atom. The molecule has 1 heterocycles. The van der Waals surface area contributed by atoms with Crippen LogP contribution in [0.15, 0.2) is 34.4 Å². The van der Waals surface area contributed by atoms with Gasteiger partial charge in [-0.15, -0.1) is 0 Å². The number of hydrogen-bond donors (Lipinski definition) is 2. The number of nitrogens with one attached hydrogen (secondary N) is 1. The summed E-state index contributed by atoms with van der Waals surface area (Å²) in [5.74, 6) is -1.31. The van der Waals surface area contributed by atoms with Gasteiger partial charge in [0.05, 0.1) is 16.1 Å². The van der Waals surface area contributed by atoms with Crippen molar-refractivity contribution < 1.29 is 22.8 Å². The molecule has 2 amide bonds. The van der Waals surface area contributed by atoms with Crippen LogP contribution in [0.5, 0.6) is 0 Å². The molecular formula is C19H21ClN4O5S2. The monoisotopic (exact) mass is 484 g/mol. The Bertz CT molecular complexity index is 1120. The molecule has 31 heavy (non-hydrogen) atoms. The quantitative estimate of drug-likeness (QED) is 0.457. The third-order valence-electron chi connectivity index (χ3n) is 4.63. The number of nitrogens with zero attached hydrogens (tertiary/aromatic N) is 2. The molecule has 2 aromatic rings. The van der Waals surface area contributed by atoms with Gasteiger partial charge in [0.15, 0.2) is 20.7 Å². The molecule has 0 aliphatic heterocycles. The van der Waals surface area contributed by atoms with E-state index in [-0.39, 0.29) is 37.3 Å². The minimum absolute atomic E-state index is 0.0385. The van der Waals surface area contributed by atoms with E-state index in [4.69, 9.17) is 22.2 Å². The SMILES string of the molecule is CS(=O)(=O)c1ccc(/C(=N/OC2CCCCC2)C(=O)Nc2ncc(C(N)=O)s2)cc1Cl. The first-order valence-corrected chi connectivity index (χ1v) is 12.5. The maximum atomic E-state index is 12.9. The third kappa shape index (κ3) is 6.02. The van der Waals surface area contributed by atoms with Crippen LogP contribution in [0, 0.1) is 0 Å². The van der Waals surface area contributed by atoms with E-state index in [2.05, 4.69) is 15.5 Å². The minimum Gasteiger partial charge on any atom is -0.392 e. The zero-order valence-corrected chi connectivity index (χ0v) is 19.0. The molecule has 1 aromatic carbocycles. The molecule has 0 unspecified atom stereocenters. The second-order valence-electron chi connectivity index (χ2n) is 7.07. The van der Waals surface area contributed by atoms with Crippen LogP contribution in [0.25, 0.3) is 0 Å². The summed E-state index contributed by atoms with van der Waals surface area (Å²) in [5.41, 5.74) is 5.40. The molecule has 0 spiro atoms. The van der Waals surface area contributed by atoms with E-state index in [1.54, 1.807) is 0 Å². The van der Waals surface area contributed by atoms with Gasteiger partial charge in [-0.1, -0.05) is 40.6 Å². The number of oxime groups is 1. The Hall–Kier alpha value is -2.50. The summed E-state index contributed by atoms with van der Waals surface area (Å²) in [6, 6.07) is 4.09. The number of primary amides is 1. The topological polar surface area (TPSA) is 141 Å². The van der Waals surface area contributed by atoms with E-state index in [1.807, 2.05) is 0 Å². The lowest BCUT2D eigenvalue weighted by atomic mass is 9.98. The predicted octanol–water partition coefficient (Wildman–Crippen LogP) is 2.99. The number of anilines is 1. The summed E-state index contributed by atoms with van der Waals surface area (Å²) >= 11 is 7.06. The van der Waals surface area contributed by atoms with Gasteiger partial charge in [-0.3, -0.25) is 14.9 Å². The molecular weight excluding hydrogens is 464 g/mol. The average molecular weight is 485 g/mol. The summed E-state index contributed by atoms with van der Waals surface area (Å²) in [6.45, 7) is 0. The Morgan fingerprint density at radius 3 is 2.58 bits per heavy atom. The van der Waals surface area contributed by atoms with Crippen molar-refractivity contribution in [3.63, 3.8) is 0 Å². The van der Waals surface area contributed by atoms with Crippen LogP contribution in [0.1, 0.15) is 47.3 Å². The van der Waals surface area contributed by atoms with Crippen LogP contribution in [0.3, 0.4) is 0 Å². The highest BCUT2D eigenvalue weighted by Gasteiger charge is 2.22. The van der Waals surface area contributed by atoms with Crippen molar-refractivity contribution in [1.29, 1.82) is 0 Å². The van der Waals surface area contributed by atoms with Crippen LogP contribution >= 0.6 is 22.9 Å². The Morgan fingerprint density at radius 2 is 2.00 bits per heavy atom. The number of sulfone groups is 1. The molecule has 1 fully saturated rings. The van der Waals surface area contributed by atoms with Gasteiger partial charge in [0, 0.05) is 11.8 Å². The molecule has 3 N–H and O–H groups in total. The summed E-state index contributed by atoms with van der Waals surface area (Å²) in [7, 11) is -3.54. The number of carbonyl (C=O) groups is 2. The molecule has 0 saturated heterocycles. The molecule has 1 saturated carbocycles. The Balaban J connectivity index is 1.90. The van der Waals surface area contributed by atoms with Gasteiger partial charge in [-0.2, -0.15) is 0 Å². The molecule has 1 aromatic heterocycles.